The molecule has 0 aromatic heterocycles. The van der Waals surface area contributed by atoms with Gasteiger partial charge in [-0.25, -0.2) is 0 Å². The Hall–Kier alpha value is -1.12. The molecule has 0 saturated heterocycles. The van der Waals surface area contributed by atoms with Crippen LogP contribution in [0.25, 0.3) is 0 Å². The van der Waals surface area contributed by atoms with E-state index < -0.39 is 0 Å². The summed E-state index contributed by atoms with van der Waals surface area (Å²) >= 11 is 0. The molecule has 1 atom stereocenters. The molecule has 2 heteroatoms. The van der Waals surface area contributed by atoms with Crippen molar-refractivity contribution in [3.05, 3.63) is 48.0 Å². The molecule has 0 aliphatic heterocycles. The Kier molecular flexibility index (Phi) is 5.83. The maximum absolute atomic E-state index is 9.50. The average molecular weight is 220 g/mol. The molecule has 0 amide bonds. The number of benzene rings is 1. The van der Waals surface area contributed by atoms with E-state index in [1.54, 1.807) is 6.08 Å². The Balaban J connectivity index is 2.17. The van der Waals surface area contributed by atoms with Gasteiger partial charge in [-0.3, -0.25) is 0 Å². The first kappa shape index (κ1) is 12.9. The monoisotopic (exact) mass is 220 g/mol. The van der Waals surface area contributed by atoms with E-state index in [2.05, 4.69) is 0 Å². The fourth-order valence-electron chi connectivity index (χ4n) is 1.24. The second kappa shape index (κ2) is 7.20. The topological polar surface area (TPSA) is 29.5 Å². The first-order valence-electron chi connectivity index (χ1n) is 5.66. The van der Waals surface area contributed by atoms with E-state index in [-0.39, 0.29) is 12.0 Å². The maximum atomic E-state index is 9.50. The molecular formula is C14H20O2. The lowest BCUT2D eigenvalue weighted by molar-refractivity contribution is 0.144. The van der Waals surface area contributed by atoms with Crippen LogP contribution < -0.4 is 0 Å². The van der Waals surface area contributed by atoms with Crippen LogP contribution in [0.2, 0.25) is 0 Å². The van der Waals surface area contributed by atoms with Crippen LogP contribution in [0.3, 0.4) is 0 Å². The van der Waals surface area contributed by atoms with Gasteiger partial charge in [0.1, 0.15) is 0 Å². The van der Waals surface area contributed by atoms with Gasteiger partial charge >= 0.3 is 0 Å². The number of hydrogen-bond donors (Lipinski definition) is 1. The standard InChI is InChI=1S/C14H20O2/c1-12(2)14(15)9-6-10-16-11-13-7-4-3-5-8-13/h3-9,12,14-15H,10-11H2,1-2H3/b9-6-/t14-/m1/s1. The molecule has 88 valence electrons. The summed E-state index contributed by atoms with van der Waals surface area (Å²) in [5.74, 6) is 0.255. The summed E-state index contributed by atoms with van der Waals surface area (Å²) in [6.45, 7) is 5.13. The molecule has 0 unspecified atom stereocenters. The molecule has 0 fully saturated rings. The van der Waals surface area contributed by atoms with E-state index in [9.17, 15) is 5.11 Å². The summed E-state index contributed by atoms with van der Waals surface area (Å²) < 4.78 is 5.45. The largest absolute Gasteiger partial charge is 0.389 e. The van der Waals surface area contributed by atoms with Crippen molar-refractivity contribution in [2.45, 2.75) is 26.6 Å². The molecule has 16 heavy (non-hydrogen) atoms. The smallest absolute Gasteiger partial charge is 0.0744 e. The highest BCUT2D eigenvalue weighted by atomic mass is 16.5. The van der Waals surface area contributed by atoms with Crippen LogP contribution in [0, 0.1) is 5.92 Å². The SMILES string of the molecule is CC(C)[C@H](O)/C=C\COCc1ccccc1. The first-order chi connectivity index (χ1) is 7.70. The predicted molar refractivity (Wildman–Crippen MR) is 66.1 cm³/mol. The van der Waals surface area contributed by atoms with Crippen LogP contribution in [-0.4, -0.2) is 17.8 Å². The molecule has 1 N–H and O–H groups in total. The minimum Gasteiger partial charge on any atom is -0.389 e. The normalized spacial score (nSPS) is 13.5. The van der Waals surface area contributed by atoms with Gasteiger partial charge in [0.2, 0.25) is 0 Å². The van der Waals surface area contributed by atoms with Gasteiger partial charge in [-0.15, -0.1) is 0 Å². The van der Waals surface area contributed by atoms with Gasteiger partial charge in [0.25, 0.3) is 0 Å². The van der Waals surface area contributed by atoms with E-state index in [1.165, 1.54) is 5.56 Å². The molecule has 0 bridgehead atoms. The molecule has 1 rings (SSSR count). The number of aliphatic hydroxyl groups is 1. The van der Waals surface area contributed by atoms with E-state index in [0.717, 1.165) is 0 Å². The van der Waals surface area contributed by atoms with E-state index in [4.69, 9.17) is 4.74 Å². The van der Waals surface area contributed by atoms with Gasteiger partial charge in [-0.05, 0) is 11.5 Å². The highest BCUT2D eigenvalue weighted by Gasteiger charge is 2.02. The van der Waals surface area contributed by atoms with Crippen molar-refractivity contribution >= 4 is 0 Å². The number of hydrogen-bond acceptors (Lipinski definition) is 2. The summed E-state index contributed by atoms with van der Waals surface area (Å²) in [6.07, 6.45) is 3.28. The molecule has 0 spiro atoms. The van der Waals surface area contributed by atoms with Gasteiger partial charge in [0.15, 0.2) is 0 Å². The molecular weight excluding hydrogens is 200 g/mol. The highest BCUT2D eigenvalue weighted by molar-refractivity contribution is 5.13. The van der Waals surface area contributed by atoms with Crippen LogP contribution in [0.5, 0.6) is 0 Å². The van der Waals surface area contributed by atoms with Gasteiger partial charge in [-0.1, -0.05) is 56.3 Å². The fraction of sp³-hybridized carbons (Fsp3) is 0.429. The fourth-order valence-corrected chi connectivity index (χ4v) is 1.24. The van der Waals surface area contributed by atoms with E-state index >= 15 is 0 Å². The molecule has 0 aliphatic carbocycles. The molecule has 2 nitrogen and oxygen atoms in total. The van der Waals surface area contributed by atoms with Crippen LogP contribution in [-0.2, 0) is 11.3 Å². The van der Waals surface area contributed by atoms with Gasteiger partial charge < -0.3 is 9.84 Å². The summed E-state index contributed by atoms with van der Waals surface area (Å²) in [4.78, 5) is 0. The van der Waals surface area contributed by atoms with Crippen LogP contribution in [0.15, 0.2) is 42.5 Å². The Morgan fingerprint density at radius 3 is 2.56 bits per heavy atom. The summed E-state index contributed by atoms with van der Waals surface area (Å²) in [7, 11) is 0. The predicted octanol–water partition coefficient (Wildman–Crippen LogP) is 2.78. The molecule has 0 aliphatic rings. The summed E-state index contributed by atoms with van der Waals surface area (Å²) in [5, 5.41) is 9.50. The Bertz CT molecular complexity index is 304. The Labute approximate surface area is 97.6 Å². The van der Waals surface area contributed by atoms with Crippen LogP contribution >= 0.6 is 0 Å². The van der Waals surface area contributed by atoms with Crippen molar-refractivity contribution in [3.63, 3.8) is 0 Å². The second-order valence-electron chi connectivity index (χ2n) is 4.16. The Morgan fingerprint density at radius 1 is 1.25 bits per heavy atom. The van der Waals surface area contributed by atoms with Crippen molar-refractivity contribution in [3.8, 4) is 0 Å². The third-order valence-electron chi connectivity index (χ3n) is 2.34. The lowest BCUT2D eigenvalue weighted by atomic mass is 10.1. The third-order valence-corrected chi connectivity index (χ3v) is 2.34. The zero-order chi connectivity index (χ0) is 11.8. The molecule has 1 aromatic carbocycles. The van der Waals surface area contributed by atoms with Gasteiger partial charge in [-0.2, -0.15) is 0 Å². The zero-order valence-corrected chi connectivity index (χ0v) is 9.97. The molecule has 0 radical (unpaired) electrons. The first-order valence-corrected chi connectivity index (χ1v) is 5.66. The van der Waals surface area contributed by atoms with Crippen LogP contribution in [0.1, 0.15) is 19.4 Å². The average Bonchev–Trinajstić information content (AvgIpc) is 2.29. The highest BCUT2D eigenvalue weighted by Crippen LogP contribution is 2.03. The van der Waals surface area contributed by atoms with E-state index in [0.29, 0.717) is 13.2 Å². The van der Waals surface area contributed by atoms with Crippen molar-refractivity contribution in [1.82, 2.24) is 0 Å². The summed E-state index contributed by atoms with van der Waals surface area (Å²) in [6, 6.07) is 10.1. The van der Waals surface area contributed by atoms with Crippen molar-refractivity contribution in [2.24, 2.45) is 5.92 Å². The molecule has 0 heterocycles. The summed E-state index contributed by atoms with van der Waals surface area (Å²) in [5.41, 5.74) is 1.17. The third kappa shape index (κ3) is 5.10. The van der Waals surface area contributed by atoms with Crippen molar-refractivity contribution < 1.29 is 9.84 Å². The van der Waals surface area contributed by atoms with Crippen molar-refractivity contribution in [2.75, 3.05) is 6.61 Å². The lowest BCUT2D eigenvalue weighted by Gasteiger charge is -2.08. The molecule has 1 aromatic rings. The second-order valence-corrected chi connectivity index (χ2v) is 4.16. The quantitative estimate of drug-likeness (QED) is 0.590. The lowest BCUT2D eigenvalue weighted by Crippen LogP contribution is -2.10. The maximum Gasteiger partial charge on any atom is 0.0744 e. The zero-order valence-electron chi connectivity index (χ0n) is 9.97. The number of rotatable bonds is 6. The van der Waals surface area contributed by atoms with Gasteiger partial charge in [0.05, 0.1) is 19.3 Å². The van der Waals surface area contributed by atoms with E-state index in [1.807, 2.05) is 50.3 Å². The minimum absolute atomic E-state index is 0.255. The number of ether oxygens (including phenoxy) is 1. The van der Waals surface area contributed by atoms with Crippen LogP contribution in [0.4, 0.5) is 0 Å². The Morgan fingerprint density at radius 2 is 1.94 bits per heavy atom. The number of aliphatic hydroxyl groups excluding tert-OH is 1. The minimum atomic E-state index is -0.375. The van der Waals surface area contributed by atoms with Crippen molar-refractivity contribution in [1.29, 1.82) is 0 Å². The molecule has 0 saturated carbocycles. The van der Waals surface area contributed by atoms with Gasteiger partial charge in [0, 0.05) is 0 Å².